The van der Waals surface area contributed by atoms with E-state index in [1.807, 2.05) is 25.1 Å². The summed E-state index contributed by atoms with van der Waals surface area (Å²) in [7, 11) is 1.38. The third kappa shape index (κ3) is 1.68. The molecule has 0 spiro atoms. The van der Waals surface area contributed by atoms with Gasteiger partial charge in [0, 0.05) is 17.3 Å². The lowest BCUT2D eigenvalue weighted by Crippen LogP contribution is -2.00. The SMILES string of the molecule is COC(=O)c1ccc2ccnc(C)c2c1. The first-order chi connectivity index (χ1) is 7.22. The summed E-state index contributed by atoms with van der Waals surface area (Å²) < 4.78 is 4.67. The molecule has 76 valence electrons. The molecule has 0 fully saturated rings. The van der Waals surface area contributed by atoms with Gasteiger partial charge >= 0.3 is 5.97 Å². The number of esters is 1. The highest BCUT2D eigenvalue weighted by atomic mass is 16.5. The second-order valence-corrected chi connectivity index (χ2v) is 3.32. The van der Waals surface area contributed by atoms with Crippen LogP contribution in [-0.2, 0) is 4.74 Å². The minimum atomic E-state index is -0.319. The number of hydrogen-bond acceptors (Lipinski definition) is 3. The van der Waals surface area contributed by atoms with Crippen molar-refractivity contribution in [2.75, 3.05) is 7.11 Å². The molecule has 15 heavy (non-hydrogen) atoms. The van der Waals surface area contributed by atoms with Gasteiger partial charge in [-0.25, -0.2) is 4.79 Å². The zero-order chi connectivity index (χ0) is 10.8. The zero-order valence-electron chi connectivity index (χ0n) is 8.65. The molecular formula is C12H11NO2. The van der Waals surface area contributed by atoms with Crippen molar-refractivity contribution in [1.82, 2.24) is 4.98 Å². The summed E-state index contributed by atoms with van der Waals surface area (Å²) >= 11 is 0. The summed E-state index contributed by atoms with van der Waals surface area (Å²) in [6.45, 7) is 1.92. The molecular weight excluding hydrogens is 190 g/mol. The maximum atomic E-state index is 11.3. The Kier molecular flexibility index (Phi) is 2.37. The number of hydrogen-bond donors (Lipinski definition) is 0. The molecule has 3 nitrogen and oxygen atoms in total. The van der Waals surface area contributed by atoms with Crippen LogP contribution in [0.25, 0.3) is 10.8 Å². The Bertz CT molecular complexity index is 520. The van der Waals surface area contributed by atoms with Crippen LogP contribution in [0.3, 0.4) is 0 Å². The van der Waals surface area contributed by atoms with Crippen molar-refractivity contribution in [3.05, 3.63) is 41.7 Å². The smallest absolute Gasteiger partial charge is 0.337 e. The molecule has 2 rings (SSSR count). The summed E-state index contributed by atoms with van der Waals surface area (Å²) in [6.07, 6.45) is 1.76. The van der Waals surface area contributed by atoms with Gasteiger partial charge in [-0.15, -0.1) is 0 Å². The quantitative estimate of drug-likeness (QED) is 0.665. The minimum absolute atomic E-state index is 0.319. The van der Waals surface area contributed by atoms with Crippen LogP contribution in [0.2, 0.25) is 0 Å². The van der Waals surface area contributed by atoms with Crippen molar-refractivity contribution in [3.63, 3.8) is 0 Å². The van der Waals surface area contributed by atoms with E-state index in [1.165, 1.54) is 7.11 Å². The second kappa shape index (κ2) is 3.69. The molecule has 1 heterocycles. The average molecular weight is 201 g/mol. The molecule has 0 aliphatic heterocycles. The number of aryl methyl sites for hydroxylation is 1. The number of pyridine rings is 1. The first-order valence-electron chi connectivity index (χ1n) is 4.66. The Hall–Kier alpha value is -1.90. The van der Waals surface area contributed by atoms with E-state index in [0.717, 1.165) is 16.5 Å². The second-order valence-electron chi connectivity index (χ2n) is 3.32. The van der Waals surface area contributed by atoms with Gasteiger partial charge in [-0.2, -0.15) is 0 Å². The fourth-order valence-corrected chi connectivity index (χ4v) is 1.56. The third-order valence-electron chi connectivity index (χ3n) is 2.39. The number of carbonyl (C=O) groups excluding carboxylic acids is 1. The van der Waals surface area contributed by atoms with Crippen molar-refractivity contribution in [2.24, 2.45) is 0 Å². The molecule has 0 radical (unpaired) electrons. The van der Waals surface area contributed by atoms with Crippen molar-refractivity contribution >= 4 is 16.7 Å². The van der Waals surface area contributed by atoms with Crippen molar-refractivity contribution in [3.8, 4) is 0 Å². The lowest BCUT2D eigenvalue weighted by Gasteiger charge is -2.03. The van der Waals surface area contributed by atoms with E-state index >= 15 is 0 Å². The molecule has 0 bridgehead atoms. The predicted octanol–water partition coefficient (Wildman–Crippen LogP) is 2.33. The average Bonchev–Trinajstić information content (AvgIpc) is 2.28. The molecule has 2 aromatic rings. The van der Waals surface area contributed by atoms with Crippen LogP contribution < -0.4 is 0 Å². The fourth-order valence-electron chi connectivity index (χ4n) is 1.56. The van der Waals surface area contributed by atoms with Gasteiger partial charge in [-0.1, -0.05) is 6.07 Å². The molecule has 0 aliphatic carbocycles. The number of ether oxygens (including phenoxy) is 1. The molecule has 1 aromatic carbocycles. The number of aromatic nitrogens is 1. The van der Waals surface area contributed by atoms with Gasteiger partial charge in [-0.3, -0.25) is 4.98 Å². The third-order valence-corrected chi connectivity index (χ3v) is 2.39. The molecule has 0 amide bonds. The zero-order valence-corrected chi connectivity index (χ0v) is 8.65. The molecule has 0 unspecified atom stereocenters. The van der Waals surface area contributed by atoms with Gasteiger partial charge in [0.1, 0.15) is 0 Å². The Morgan fingerprint density at radius 2 is 2.13 bits per heavy atom. The van der Waals surface area contributed by atoms with E-state index < -0.39 is 0 Å². The Morgan fingerprint density at radius 3 is 2.87 bits per heavy atom. The molecule has 0 saturated carbocycles. The lowest BCUT2D eigenvalue weighted by atomic mass is 10.1. The summed E-state index contributed by atoms with van der Waals surface area (Å²) in [6, 6.07) is 7.39. The van der Waals surface area contributed by atoms with E-state index in [-0.39, 0.29) is 5.97 Å². The Morgan fingerprint density at radius 1 is 1.33 bits per heavy atom. The Labute approximate surface area is 87.7 Å². The van der Waals surface area contributed by atoms with Gasteiger partial charge in [0.15, 0.2) is 0 Å². The van der Waals surface area contributed by atoms with Crippen LogP contribution in [0.4, 0.5) is 0 Å². The first kappa shape index (κ1) is 9.65. The number of benzene rings is 1. The number of carbonyl (C=O) groups is 1. The van der Waals surface area contributed by atoms with E-state index in [9.17, 15) is 4.79 Å². The van der Waals surface area contributed by atoms with Crippen LogP contribution in [0, 0.1) is 6.92 Å². The van der Waals surface area contributed by atoms with Crippen LogP contribution in [0.1, 0.15) is 16.1 Å². The van der Waals surface area contributed by atoms with Gasteiger partial charge in [0.25, 0.3) is 0 Å². The molecule has 0 N–H and O–H groups in total. The number of methoxy groups -OCH3 is 1. The molecule has 0 aliphatic rings. The number of nitrogens with zero attached hydrogens (tertiary/aromatic N) is 1. The lowest BCUT2D eigenvalue weighted by molar-refractivity contribution is 0.0601. The first-order valence-corrected chi connectivity index (χ1v) is 4.66. The summed E-state index contributed by atoms with van der Waals surface area (Å²) in [5.41, 5.74) is 1.47. The topological polar surface area (TPSA) is 39.2 Å². The molecule has 1 aromatic heterocycles. The van der Waals surface area contributed by atoms with Crippen molar-refractivity contribution < 1.29 is 9.53 Å². The highest BCUT2D eigenvalue weighted by Crippen LogP contribution is 2.18. The molecule has 0 atom stereocenters. The van der Waals surface area contributed by atoms with Gasteiger partial charge < -0.3 is 4.74 Å². The van der Waals surface area contributed by atoms with Crippen LogP contribution in [0.15, 0.2) is 30.5 Å². The highest BCUT2D eigenvalue weighted by Gasteiger charge is 2.06. The normalized spacial score (nSPS) is 10.3. The van der Waals surface area contributed by atoms with Crippen LogP contribution in [0.5, 0.6) is 0 Å². The maximum absolute atomic E-state index is 11.3. The van der Waals surface area contributed by atoms with Crippen molar-refractivity contribution in [2.45, 2.75) is 6.92 Å². The van der Waals surface area contributed by atoms with E-state index in [0.29, 0.717) is 5.56 Å². The van der Waals surface area contributed by atoms with Crippen LogP contribution in [-0.4, -0.2) is 18.1 Å². The Balaban J connectivity index is 2.64. The highest BCUT2D eigenvalue weighted by molar-refractivity contribution is 5.95. The fraction of sp³-hybridized carbons (Fsp3) is 0.167. The number of rotatable bonds is 1. The van der Waals surface area contributed by atoms with Crippen molar-refractivity contribution in [1.29, 1.82) is 0 Å². The molecule has 3 heteroatoms. The summed E-state index contributed by atoms with van der Waals surface area (Å²) in [5.74, 6) is -0.319. The van der Waals surface area contributed by atoms with E-state index in [1.54, 1.807) is 12.3 Å². The standard InChI is InChI=1S/C12H11NO2/c1-8-11-7-10(12(14)15-2)4-3-9(11)5-6-13-8/h3-7H,1-2H3. The largest absolute Gasteiger partial charge is 0.465 e. The summed E-state index contributed by atoms with van der Waals surface area (Å²) in [5, 5.41) is 2.07. The molecule has 0 saturated heterocycles. The summed E-state index contributed by atoms with van der Waals surface area (Å²) in [4.78, 5) is 15.5. The maximum Gasteiger partial charge on any atom is 0.337 e. The van der Waals surface area contributed by atoms with Gasteiger partial charge in [-0.05, 0) is 30.5 Å². The van der Waals surface area contributed by atoms with Gasteiger partial charge in [0.2, 0.25) is 0 Å². The van der Waals surface area contributed by atoms with Gasteiger partial charge in [0.05, 0.1) is 12.7 Å². The van der Waals surface area contributed by atoms with Crippen LogP contribution >= 0.6 is 0 Å². The predicted molar refractivity (Wildman–Crippen MR) is 57.8 cm³/mol. The van der Waals surface area contributed by atoms with E-state index in [2.05, 4.69) is 9.72 Å². The number of fused-ring (bicyclic) bond motifs is 1. The minimum Gasteiger partial charge on any atom is -0.465 e. The van der Waals surface area contributed by atoms with E-state index in [4.69, 9.17) is 0 Å². The monoisotopic (exact) mass is 201 g/mol.